The Morgan fingerprint density at radius 2 is 2.25 bits per heavy atom. The first-order chi connectivity index (χ1) is 7.81. The maximum Gasteiger partial charge on any atom is 0.127 e. The molecule has 2 aromatic heterocycles. The van der Waals surface area contributed by atoms with Crippen molar-refractivity contribution < 1.29 is 0 Å². The molecule has 2 rings (SSSR count). The van der Waals surface area contributed by atoms with E-state index in [4.69, 9.17) is 5.84 Å². The van der Waals surface area contributed by atoms with Crippen LogP contribution in [0.2, 0.25) is 0 Å². The largest absolute Gasteiger partial charge is 0.337 e. The summed E-state index contributed by atoms with van der Waals surface area (Å²) < 4.78 is 1.95. The molecule has 0 spiro atoms. The molecule has 5 heteroatoms. The number of nitrogens with two attached hydrogens (primary N) is 1. The van der Waals surface area contributed by atoms with Crippen LogP contribution in [0.1, 0.15) is 17.6 Å². The van der Waals surface area contributed by atoms with E-state index in [0.29, 0.717) is 0 Å². The normalized spacial score (nSPS) is 12.6. The van der Waals surface area contributed by atoms with Crippen LogP contribution in [-0.2, 0) is 13.5 Å². The molecule has 2 aromatic rings. The molecule has 0 saturated carbocycles. The average molecular weight is 217 g/mol. The summed E-state index contributed by atoms with van der Waals surface area (Å²) in [5, 5.41) is 0. The lowest BCUT2D eigenvalue weighted by Crippen LogP contribution is -2.31. The average Bonchev–Trinajstić information content (AvgIpc) is 2.74. The van der Waals surface area contributed by atoms with E-state index in [0.717, 1.165) is 17.9 Å². The van der Waals surface area contributed by atoms with Crippen LogP contribution in [0.5, 0.6) is 0 Å². The number of rotatable bonds is 4. The fourth-order valence-electron chi connectivity index (χ4n) is 1.67. The summed E-state index contributed by atoms with van der Waals surface area (Å²) in [6.45, 7) is 0. The van der Waals surface area contributed by atoms with Crippen molar-refractivity contribution in [2.45, 2.75) is 12.5 Å². The quantitative estimate of drug-likeness (QED) is 0.580. The van der Waals surface area contributed by atoms with Gasteiger partial charge in [0.25, 0.3) is 0 Å². The second-order valence-electron chi connectivity index (χ2n) is 3.64. The smallest absolute Gasteiger partial charge is 0.127 e. The highest BCUT2D eigenvalue weighted by Gasteiger charge is 2.15. The minimum absolute atomic E-state index is 0.0186. The topological polar surface area (TPSA) is 68.8 Å². The number of aromatic nitrogens is 3. The van der Waals surface area contributed by atoms with E-state index in [1.807, 2.05) is 36.0 Å². The monoisotopic (exact) mass is 217 g/mol. The lowest BCUT2D eigenvalue weighted by Gasteiger charge is -2.14. The third-order valence-electron chi connectivity index (χ3n) is 2.51. The van der Waals surface area contributed by atoms with Crippen molar-refractivity contribution in [2.24, 2.45) is 12.9 Å². The number of hydrogen-bond donors (Lipinski definition) is 2. The van der Waals surface area contributed by atoms with Crippen LogP contribution >= 0.6 is 0 Å². The van der Waals surface area contributed by atoms with Crippen molar-refractivity contribution in [3.63, 3.8) is 0 Å². The zero-order valence-electron chi connectivity index (χ0n) is 9.17. The van der Waals surface area contributed by atoms with Gasteiger partial charge in [0.1, 0.15) is 5.82 Å². The van der Waals surface area contributed by atoms with E-state index in [1.165, 1.54) is 0 Å². The van der Waals surface area contributed by atoms with Crippen molar-refractivity contribution in [1.82, 2.24) is 20.0 Å². The van der Waals surface area contributed by atoms with Crippen molar-refractivity contribution in [3.8, 4) is 0 Å². The SMILES string of the molecule is Cn1ccnc1C(Cc1ccccn1)NN. The van der Waals surface area contributed by atoms with Crippen molar-refractivity contribution in [3.05, 3.63) is 48.3 Å². The lowest BCUT2D eigenvalue weighted by molar-refractivity contribution is 0.502. The molecule has 3 N–H and O–H groups in total. The van der Waals surface area contributed by atoms with E-state index < -0.39 is 0 Å². The molecule has 5 nitrogen and oxygen atoms in total. The van der Waals surface area contributed by atoms with Crippen LogP contribution in [-0.4, -0.2) is 14.5 Å². The maximum absolute atomic E-state index is 5.55. The van der Waals surface area contributed by atoms with Crippen molar-refractivity contribution in [2.75, 3.05) is 0 Å². The highest BCUT2D eigenvalue weighted by Crippen LogP contribution is 2.13. The summed E-state index contributed by atoms with van der Waals surface area (Å²) in [4.78, 5) is 8.55. The molecule has 0 radical (unpaired) electrons. The van der Waals surface area contributed by atoms with E-state index >= 15 is 0 Å². The number of hydrogen-bond acceptors (Lipinski definition) is 4. The van der Waals surface area contributed by atoms with Crippen LogP contribution in [0.3, 0.4) is 0 Å². The highest BCUT2D eigenvalue weighted by atomic mass is 15.3. The Morgan fingerprint density at radius 3 is 2.81 bits per heavy atom. The molecule has 1 unspecified atom stereocenters. The fourth-order valence-corrected chi connectivity index (χ4v) is 1.67. The van der Waals surface area contributed by atoms with E-state index in [9.17, 15) is 0 Å². The Balaban J connectivity index is 2.16. The maximum atomic E-state index is 5.55. The third kappa shape index (κ3) is 2.26. The van der Waals surface area contributed by atoms with Gasteiger partial charge in [-0.2, -0.15) is 0 Å². The molecule has 0 bridgehead atoms. The van der Waals surface area contributed by atoms with Gasteiger partial charge in [-0.1, -0.05) is 6.07 Å². The van der Waals surface area contributed by atoms with E-state index in [2.05, 4.69) is 15.4 Å². The number of nitrogens with zero attached hydrogens (tertiary/aromatic N) is 3. The third-order valence-corrected chi connectivity index (χ3v) is 2.51. The van der Waals surface area contributed by atoms with Gasteiger partial charge in [0, 0.05) is 37.8 Å². The molecule has 0 aliphatic rings. The number of pyridine rings is 1. The number of aryl methyl sites for hydroxylation is 1. The molecular weight excluding hydrogens is 202 g/mol. The van der Waals surface area contributed by atoms with Crippen molar-refractivity contribution >= 4 is 0 Å². The van der Waals surface area contributed by atoms with E-state index in [-0.39, 0.29) is 6.04 Å². The molecule has 0 aliphatic heterocycles. The summed E-state index contributed by atoms with van der Waals surface area (Å²) in [6.07, 6.45) is 6.17. The van der Waals surface area contributed by atoms with Gasteiger partial charge in [-0.15, -0.1) is 0 Å². The molecule has 0 amide bonds. The van der Waals surface area contributed by atoms with Crippen LogP contribution in [0, 0.1) is 0 Å². The highest BCUT2D eigenvalue weighted by molar-refractivity contribution is 5.09. The lowest BCUT2D eigenvalue weighted by atomic mass is 10.1. The minimum atomic E-state index is -0.0186. The van der Waals surface area contributed by atoms with Crippen molar-refractivity contribution in [1.29, 1.82) is 0 Å². The van der Waals surface area contributed by atoms with E-state index in [1.54, 1.807) is 12.4 Å². The first-order valence-corrected chi connectivity index (χ1v) is 5.14. The molecule has 2 heterocycles. The number of hydrazine groups is 1. The van der Waals surface area contributed by atoms with Gasteiger partial charge in [-0.05, 0) is 12.1 Å². The van der Waals surface area contributed by atoms with Crippen LogP contribution < -0.4 is 11.3 Å². The molecule has 0 fully saturated rings. The summed E-state index contributed by atoms with van der Waals surface area (Å²) in [6, 6.07) is 5.83. The molecular formula is C11H15N5. The van der Waals surface area contributed by atoms with Crippen LogP contribution in [0.15, 0.2) is 36.8 Å². The number of nitrogens with one attached hydrogen (secondary N) is 1. The fraction of sp³-hybridized carbons (Fsp3) is 0.273. The zero-order valence-corrected chi connectivity index (χ0v) is 9.17. The van der Waals surface area contributed by atoms with Crippen LogP contribution in [0.25, 0.3) is 0 Å². The molecule has 0 aliphatic carbocycles. The summed E-state index contributed by atoms with van der Waals surface area (Å²) in [7, 11) is 1.95. The second kappa shape index (κ2) is 4.87. The molecule has 0 saturated heterocycles. The van der Waals surface area contributed by atoms with Gasteiger partial charge in [0.15, 0.2) is 0 Å². The number of imidazole rings is 1. The predicted molar refractivity (Wildman–Crippen MR) is 61.2 cm³/mol. The zero-order chi connectivity index (χ0) is 11.4. The van der Waals surface area contributed by atoms with Gasteiger partial charge in [0.2, 0.25) is 0 Å². The Labute approximate surface area is 94.3 Å². The minimum Gasteiger partial charge on any atom is -0.337 e. The summed E-state index contributed by atoms with van der Waals surface area (Å²) >= 11 is 0. The first kappa shape index (κ1) is 10.8. The standard InChI is InChI=1S/C11H15N5/c1-16-7-6-14-11(16)10(15-12)8-9-4-2-3-5-13-9/h2-7,10,15H,8,12H2,1H3. The molecule has 16 heavy (non-hydrogen) atoms. The Kier molecular flexibility index (Phi) is 3.28. The molecule has 0 aromatic carbocycles. The first-order valence-electron chi connectivity index (χ1n) is 5.14. The molecule has 1 atom stereocenters. The van der Waals surface area contributed by atoms with Gasteiger partial charge < -0.3 is 4.57 Å². The van der Waals surface area contributed by atoms with Gasteiger partial charge in [-0.25, -0.2) is 10.4 Å². The van der Waals surface area contributed by atoms with Crippen LogP contribution in [0.4, 0.5) is 0 Å². The van der Waals surface area contributed by atoms with Gasteiger partial charge in [-0.3, -0.25) is 10.8 Å². The predicted octanol–water partition coefficient (Wildman–Crippen LogP) is 0.562. The Hall–Kier alpha value is -1.72. The van der Waals surface area contributed by atoms with Gasteiger partial charge >= 0.3 is 0 Å². The summed E-state index contributed by atoms with van der Waals surface area (Å²) in [5.74, 6) is 6.46. The molecule has 84 valence electrons. The second-order valence-corrected chi connectivity index (χ2v) is 3.64. The summed E-state index contributed by atoms with van der Waals surface area (Å²) in [5.41, 5.74) is 3.76. The Morgan fingerprint density at radius 1 is 1.38 bits per heavy atom. The van der Waals surface area contributed by atoms with Gasteiger partial charge in [0.05, 0.1) is 6.04 Å². The Bertz CT molecular complexity index is 437.